The molecule has 0 unspecified atom stereocenters. The minimum absolute atomic E-state index is 0.0831. The molecule has 0 amide bonds. The van der Waals surface area contributed by atoms with Gasteiger partial charge in [-0.1, -0.05) is 73.6 Å². The van der Waals surface area contributed by atoms with Crippen LogP contribution in [0, 0.1) is 10.8 Å². The zero-order valence-corrected chi connectivity index (χ0v) is 25.3. The Kier molecular flexibility index (Phi) is 16.5. The molecule has 0 saturated carbocycles. The van der Waals surface area contributed by atoms with E-state index in [0.29, 0.717) is 5.41 Å². The van der Waals surface area contributed by atoms with Crippen molar-refractivity contribution in [2.45, 2.75) is 145 Å². The summed E-state index contributed by atoms with van der Waals surface area (Å²) in [6.07, 6.45) is 11.2. The van der Waals surface area contributed by atoms with Crippen LogP contribution in [0.4, 0.5) is 0 Å². The van der Waals surface area contributed by atoms with E-state index in [0.717, 1.165) is 52.4 Å². The molecule has 34 heavy (non-hydrogen) atoms. The molecule has 0 aromatic carbocycles. The zero-order valence-electron chi connectivity index (χ0n) is 25.3. The van der Waals surface area contributed by atoms with Crippen LogP contribution in [0.3, 0.4) is 0 Å². The van der Waals surface area contributed by atoms with Crippen LogP contribution in [0.25, 0.3) is 0 Å². The summed E-state index contributed by atoms with van der Waals surface area (Å²) in [7, 11) is 0. The minimum Gasteiger partial charge on any atom is -0.381 e. The van der Waals surface area contributed by atoms with Crippen molar-refractivity contribution in [3.8, 4) is 0 Å². The molecule has 4 nitrogen and oxygen atoms in total. The van der Waals surface area contributed by atoms with Crippen LogP contribution >= 0.6 is 0 Å². The fourth-order valence-corrected chi connectivity index (χ4v) is 4.35. The maximum atomic E-state index is 6.36. The first-order chi connectivity index (χ1) is 15.5. The van der Waals surface area contributed by atoms with Gasteiger partial charge >= 0.3 is 0 Å². The molecule has 0 radical (unpaired) electrons. The minimum atomic E-state index is -0.272. The summed E-state index contributed by atoms with van der Waals surface area (Å²) >= 11 is 0. The van der Waals surface area contributed by atoms with Gasteiger partial charge in [0.15, 0.2) is 0 Å². The van der Waals surface area contributed by atoms with Crippen molar-refractivity contribution in [3.05, 3.63) is 0 Å². The average molecular weight is 486 g/mol. The molecule has 0 fully saturated rings. The lowest BCUT2D eigenvalue weighted by atomic mass is 9.89. The Morgan fingerprint density at radius 1 is 0.500 bits per heavy atom. The van der Waals surface area contributed by atoms with Crippen LogP contribution in [0.2, 0.25) is 0 Å². The van der Waals surface area contributed by atoms with Crippen LogP contribution in [0.1, 0.15) is 134 Å². The summed E-state index contributed by atoms with van der Waals surface area (Å²) in [5.41, 5.74) is 0.523. The first-order valence-electron chi connectivity index (χ1n) is 14.1. The van der Waals surface area contributed by atoms with Gasteiger partial charge in [-0.2, -0.15) is 0 Å². The smallest absolute Gasteiger partial charge is 0.116 e. The quantitative estimate of drug-likeness (QED) is 0.136. The fraction of sp³-hybridized carbons (Fsp3) is 1.00. The molecule has 0 heterocycles. The van der Waals surface area contributed by atoms with Crippen LogP contribution in [-0.2, 0) is 14.2 Å². The van der Waals surface area contributed by atoms with Crippen molar-refractivity contribution in [1.82, 2.24) is 4.90 Å². The van der Waals surface area contributed by atoms with Crippen molar-refractivity contribution in [2.24, 2.45) is 10.8 Å². The van der Waals surface area contributed by atoms with Crippen molar-refractivity contribution in [3.63, 3.8) is 0 Å². The Labute approximate surface area is 214 Å². The lowest BCUT2D eigenvalue weighted by molar-refractivity contribution is -0.166. The van der Waals surface area contributed by atoms with E-state index < -0.39 is 0 Å². The van der Waals surface area contributed by atoms with Gasteiger partial charge in [-0.3, -0.25) is 4.90 Å². The molecule has 0 aliphatic rings. The van der Waals surface area contributed by atoms with Gasteiger partial charge in [0, 0.05) is 31.9 Å². The standard InChI is InChI=1S/C30H63NO3/c1-27(2,3)20-16-14-12-13-15-17-21-31(29(7,8)9)30(10,11)34-25-19-23-32-22-18-24-33-26-28(4,5)6/h12-26H2,1-11H3. The molecule has 0 N–H and O–H groups in total. The van der Waals surface area contributed by atoms with Crippen molar-refractivity contribution >= 4 is 0 Å². The van der Waals surface area contributed by atoms with E-state index in [2.05, 4.69) is 81.1 Å². The van der Waals surface area contributed by atoms with Crippen LogP contribution in [0.5, 0.6) is 0 Å². The predicted molar refractivity (Wildman–Crippen MR) is 149 cm³/mol. The van der Waals surface area contributed by atoms with E-state index in [1.807, 2.05) is 0 Å². The Morgan fingerprint density at radius 3 is 1.53 bits per heavy atom. The molecule has 0 spiro atoms. The van der Waals surface area contributed by atoms with E-state index in [4.69, 9.17) is 14.2 Å². The highest BCUT2D eigenvalue weighted by Gasteiger charge is 2.35. The Hall–Kier alpha value is -0.160. The highest BCUT2D eigenvalue weighted by Crippen LogP contribution is 2.27. The summed E-state index contributed by atoms with van der Waals surface area (Å²) in [5.74, 6) is 0. The van der Waals surface area contributed by atoms with Crippen LogP contribution in [-0.4, -0.2) is 55.7 Å². The van der Waals surface area contributed by atoms with Crippen molar-refractivity contribution < 1.29 is 14.2 Å². The number of ether oxygens (including phenoxy) is 3. The Morgan fingerprint density at radius 2 is 1.00 bits per heavy atom. The van der Waals surface area contributed by atoms with E-state index in [9.17, 15) is 0 Å². The summed E-state index contributed by atoms with van der Waals surface area (Å²) < 4.78 is 17.8. The van der Waals surface area contributed by atoms with Gasteiger partial charge in [-0.05, 0) is 71.1 Å². The third kappa shape index (κ3) is 20.1. The topological polar surface area (TPSA) is 30.9 Å². The first kappa shape index (κ1) is 33.8. The molecule has 206 valence electrons. The van der Waals surface area contributed by atoms with Gasteiger partial charge in [0.05, 0.1) is 13.2 Å². The molecular formula is C30H63NO3. The monoisotopic (exact) mass is 485 g/mol. The third-order valence-electron chi connectivity index (χ3n) is 6.02. The third-order valence-corrected chi connectivity index (χ3v) is 6.02. The normalized spacial score (nSPS) is 13.8. The maximum Gasteiger partial charge on any atom is 0.116 e. The number of unbranched alkanes of at least 4 members (excludes halogenated alkanes) is 5. The van der Waals surface area contributed by atoms with Crippen molar-refractivity contribution in [1.29, 1.82) is 0 Å². The fourth-order valence-electron chi connectivity index (χ4n) is 4.35. The lowest BCUT2D eigenvalue weighted by Gasteiger charge is -2.47. The predicted octanol–water partition coefficient (Wildman–Crippen LogP) is 8.48. The van der Waals surface area contributed by atoms with E-state index in [1.54, 1.807) is 0 Å². The number of rotatable bonds is 19. The molecule has 0 bridgehead atoms. The van der Waals surface area contributed by atoms with Gasteiger partial charge < -0.3 is 14.2 Å². The molecule has 0 saturated heterocycles. The summed E-state index contributed by atoms with van der Waals surface area (Å²) in [4.78, 5) is 2.53. The van der Waals surface area contributed by atoms with Gasteiger partial charge in [-0.15, -0.1) is 0 Å². The Bertz CT molecular complexity index is 483. The number of hydrogen-bond donors (Lipinski definition) is 0. The molecule has 0 aliphatic carbocycles. The second-order valence-electron chi connectivity index (χ2n) is 14.0. The van der Waals surface area contributed by atoms with E-state index in [-0.39, 0.29) is 16.7 Å². The van der Waals surface area contributed by atoms with E-state index in [1.165, 1.54) is 44.9 Å². The van der Waals surface area contributed by atoms with Crippen LogP contribution < -0.4 is 0 Å². The lowest BCUT2D eigenvalue weighted by Crippen LogP contribution is -2.56. The molecule has 4 heteroatoms. The first-order valence-corrected chi connectivity index (χ1v) is 14.1. The molecule has 0 aromatic heterocycles. The van der Waals surface area contributed by atoms with Crippen molar-refractivity contribution in [2.75, 3.05) is 39.6 Å². The summed E-state index contributed by atoms with van der Waals surface area (Å²) in [6, 6.07) is 0. The molecular weight excluding hydrogens is 422 g/mol. The molecule has 0 aromatic rings. The molecule has 0 rings (SSSR count). The molecule has 0 atom stereocenters. The van der Waals surface area contributed by atoms with Gasteiger partial charge in [0.1, 0.15) is 5.72 Å². The second kappa shape index (κ2) is 16.6. The Balaban J connectivity index is 4.05. The number of hydrogen-bond acceptors (Lipinski definition) is 4. The highest BCUT2D eigenvalue weighted by atomic mass is 16.5. The van der Waals surface area contributed by atoms with E-state index >= 15 is 0 Å². The van der Waals surface area contributed by atoms with Gasteiger partial charge in [0.2, 0.25) is 0 Å². The SMILES string of the molecule is CC(C)(C)CCCCCCCCN(C(C)(C)C)C(C)(C)OCCCOCCCOCC(C)(C)C. The average Bonchev–Trinajstić information content (AvgIpc) is 2.65. The zero-order chi connectivity index (χ0) is 26.3. The number of nitrogens with zero attached hydrogens (tertiary/aromatic N) is 1. The summed E-state index contributed by atoms with van der Waals surface area (Å²) in [5, 5.41) is 0. The largest absolute Gasteiger partial charge is 0.381 e. The molecule has 0 aliphatic heterocycles. The van der Waals surface area contributed by atoms with Gasteiger partial charge in [-0.25, -0.2) is 0 Å². The van der Waals surface area contributed by atoms with Gasteiger partial charge in [0.25, 0.3) is 0 Å². The second-order valence-corrected chi connectivity index (χ2v) is 14.0. The maximum absolute atomic E-state index is 6.36. The van der Waals surface area contributed by atoms with Crippen LogP contribution in [0.15, 0.2) is 0 Å². The highest BCUT2D eigenvalue weighted by molar-refractivity contribution is 4.84. The summed E-state index contributed by atoms with van der Waals surface area (Å²) in [6.45, 7) is 29.9.